The quantitative estimate of drug-likeness (QED) is 0.714. The number of aromatic nitrogens is 1. The van der Waals surface area contributed by atoms with Gasteiger partial charge in [0, 0.05) is 5.02 Å². The summed E-state index contributed by atoms with van der Waals surface area (Å²) in [6, 6.07) is 10.5. The van der Waals surface area contributed by atoms with Crippen LogP contribution in [-0.2, 0) is 0 Å². The number of aromatic hydroxyl groups is 1. The average Bonchev–Trinajstić information content (AvgIpc) is 2.74. The van der Waals surface area contributed by atoms with E-state index in [0.29, 0.717) is 27.6 Å². The van der Waals surface area contributed by atoms with Crippen LogP contribution in [0, 0.1) is 6.92 Å². The first-order valence-corrected chi connectivity index (χ1v) is 5.87. The summed E-state index contributed by atoms with van der Waals surface area (Å²) in [5.74, 6) is 0.548. The second-order valence-electron chi connectivity index (χ2n) is 4.15. The van der Waals surface area contributed by atoms with E-state index in [1.165, 1.54) is 0 Å². The molecule has 0 aliphatic heterocycles. The first kappa shape index (κ1) is 11.1. The fourth-order valence-corrected chi connectivity index (χ4v) is 2.00. The molecule has 0 atom stereocenters. The van der Waals surface area contributed by atoms with E-state index < -0.39 is 0 Å². The molecule has 0 unspecified atom stereocenters. The maximum atomic E-state index is 9.84. The lowest BCUT2D eigenvalue weighted by atomic mass is 10.1. The van der Waals surface area contributed by atoms with E-state index in [1.54, 1.807) is 24.3 Å². The van der Waals surface area contributed by atoms with E-state index >= 15 is 0 Å². The smallest absolute Gasteiger partial charge is 0.231 e. The van der Waals surface area contributed by atoms with Gasteiger partial charge in [-0.05, 0) is 37.3 Å². The van der Waals surface area contributed by atoms with Crippen LogP contribution >= 0.6 is 11.6 Å². The third-order valence-corrected chi connectivity index (χ3v) is 2.97. The topological polar surface area (TPSA) is 46.3 Å². The molecule has 1 heterocycles. The summed E-state index contributed by atoms with van der Waals surface area (Å²) in [5, 5.41) is 10.4. The molecule has 1 aromatic heterocycles. The Hall–Kier alpha value is -2.00. The predicted octanol–water partition coefficient (Wildman–Crippen LogP) is 4.16. The van der Waals surface area contributed by atoms with Gasteiger partial charge in [0.1, 0.15) is 11.3 Å². The lowest BCUT2D eigenvalue weighted by molar-refractivity contribution is 0.474. The highest BCUT2D eigenvalue weighted by molar-refractivity contribution is 6.31. The van der Waals surface area contributed by atoms with Crippen LogP contribution < -0.4 is 0 Å². The van der Waals surface area contributed by atoms with E-state index in [4.69, 9.17) is 16.0 Å². The molecule has 0 amide bonds. The monoisotopic (exact) mass is 259 g/mol. The summed E-state index contributed by atoms with van der Waals surface area (Å²) in [5.41, 5.74) is 2.94. The van der Waals surface area contributed by atoms with Crippen molar-refractivity contribution in [3.05, 3.63) is 47.0 Å². The molecule has 0 aliphatic carbocycles. The second kappa shape index (κ2) is 4.03. The molecule has 3 rings (SSSR count). The minimum absolute atomic E-state index is 0.151. The summed E-state index contributed by atoms with van der Waals surface area (Å²) in [7, 11) is 0. The highest BCUT2D eigenvalue weighted by atomic mass is 35.5. The first-order chi connectivity index (χ1) is 8.63. The average molecular weight is 260 g/mol. The fourth-order valence-electron chi connectivity index (χ4n) is 1.84. The number of benzene rings is 2. The molecule has 0 spiro atoms. The number of aryl methyl sites for hydroxylation is 1. The van der Waals surface area contributed by atoms with E-state index in [9.17, 15) is 5.11 Å². The largest absolute Gasteiger partial charge is 0.507 e. The van der Waals surface area contributed by atoms with Crippen LogP contribution in [0.15, 0.2) is 40.8 Å². The predicted molar refractivity (Wildman–Crippen MR) is 70.9 cm³/mol. The number of hydrogen-bond acceptors (Lipinski definition) is 3. The number of rotatable bonds is 1. The zero-order chi connectivity index (χ0) is 12.7. The Morgan fingerprint density at radius 3 is 2.83 bits per heavy atom. The lowest BCUT2D eigenvalue weighted by Crippen LogP contribution is -1.80. The molecule has 90 valence electrons. The van der Waals surface area contributed by atoms with Crippen LogP contribution in [0.4, 0.5) is 0 Å². The van der Waals surface area contributed by atoms with E-state index in [1.807, 2.05) is 19.1 Å². The maximum absolute atomic E-state index is 9.84. The van der Waals surface area contributed by atoms with Crippen molar-refractivity contribution in [2.45, 2.75) is 6.92 Å². The summed E-state index contributed by atoms with van der Waals surface area (Å²) in [6.07, 6.45) is 0. The Balaban J connectivity index is 2.22. The second-order valence-corrected chi connectivity index (χ2v) is 4.59. The molecule has 0 bridgehead atoms. The Morgan fingerprint density at radius 2 is 2.00 bits per heavy atom. The van der Waals surface area contributed by atoms with Crippen LogP contribution in [0.2, 0.25) is 5.02 Å². The van der Waals surface area contributed by atoms with Crippen molar-refractivity contribution in [2.24, 2.45) is 0 Å². The molecule has 2 aromatic carbocycles. The van der Waals surface area contributed by atoms with E-state index in [0.717, 1.165) is 5.56 Å². The Labute approximate surface area is 109 Å². The van der Waals surface area contributed by atoms with Crippen LogP contribution in [0.5, 0.6) is 5.75 Å². The Bertz CT molecular complexity index is 734. The van der Waals surface area contributed by atoms with Gasteiger partial charge in [-0.15, -0.1) is 0 Å². The normalized spacial score (nSPS) is 11.0. The molecular weight excluding hydrogens is 250 g/mol. The number of halogens is 1. The maximum Gasteiger partial charge on any atom is 0.231 e. The third kappa shape index (κ3) is 1.83. The van der Waals surface area contributed by atoms with Gasteiger partial charge in [-0.2, -0.15) is 0 Å². The molecule has 3 nitrogen and oxygen atoms in total. The molecule has 0 saturated heterocycles. The van der Waals surface area contributed by atoms with Gasteiger partial charge in [-0.3, -0.25) is 0 Å². The third-order valence-electron chi connectivity index (χ3n) is 2.73. The van der Waals surface area contributed by atoms with Crippen molar-refractivity contribution < 1.29 is 9.52 Å². The number of oxazole rings is 1. The fraction of sp³-hybridized carbons (Fsp3) is 0.0714. The van der Waals surface area contributed by atoms with Crippen molar-refractivity contribution >= 4 is 22.7 Å². The first-order valence-electron chi connectivity index (χ1n) is 5.49. The van der Waals surface area contributed by atoms with E-state index in [-0.39, 0.29) is 5.75 Å². The molecule has 18 heavy (non-hydrogen) atoms. The van der Waals surface area contributed by atoms with Gasteiger partial charge in [-0.25, -0.2) is 4.98 Å². The molecule has 3 aromatic rings. The summed E-state index contributed by atoms with van der Waals surface area (Å²) in [6.45, 7) is 1.95. The SMILES string of the molecule is Cc1ccc(O)c(-c2nc3cc(Cl)ccc3o2)c1. The zero-order valence-electron chi connectivity index (χ0n) is 9.64. The van der Waals surface area contributed by atoms with Crippen molar-refractivity contribution in [2.75, 3.05) is 0 Å². The molecular formula is C14H10ClNO2. The molecule has 4 heteroatoms. The minimum atomic E-state index is 0.151. The Morgan fingerprint density at radius 1 is 1.17 bits per heavy atom. The molecule has 0 saturated carbocycles. The van der Waals surface area contributed by atoms with E-state index in [2.05, 4.69) is 4.98 Å². The van der Waals surface area contributed by atoms with Gasteiger partial charge >= 0.3 is 0 Å². The van der Waals surface area contributed by atoms with Gasteiger partial charge in [0.25, 0.3) is 0 Å². The van der Waals surface area contributed by atoms with Gasteiger partial charge in [0.15, 0.2) is 5.58 Å². The molecule has 1 N–H and O–H groups in total. The summed E-state index contributed by atoms with van der Waals surface area (Å²) >= 11 is 5.90. The zero-order valence-corrected chi connectivity index (χ0v) is 10.4. The van der Waals surface area contributed by atoms with Crippen LogP contribution in [0.25, 0.3) is 22.6 Å². The van der Waals surface area contributed by atoms with Crippen LogP contribution in [0.1, 0.15) is 5.56 Å². The molecule has 0 aliphatic rings. The lowest BCUT2D eigenvalue weighted by Gasteiger charge is -2.00. The minimum Gasteiger partial charge on any atom is -0.507 e. The van der Waals surface area contributed by atoms with Crippen molar-refractivity contribution in [3.63, 3.8) is 0 Å². The van der Waals surface area contributed by atoms with Crippen molar-refractivity contribution in [1.29, 1.82) is 0 Å². The van der Waals surface area contributed by atoms with Crippen LogP contribution in [0.3, 0.4) is 0 Å². The standard InChI is InChI=1S/C14H10ClNO2/c1-8-2-4-12(17)10(6-8)14-16-11-7-9(15)3-5-13(11)18-14/h2-7,17H,1H3. The number of fused-ring (bicyclic) bond motifs is 1. The van der Waals surface area contributed by atoms with Gasteiger partial charge in [-0.1, -0.05) is 23.2 Å². The summed E-state index contributed by atoms with van der Waals surface area (Å²) < 4.78 is 5.62. The van der Waals surface area contributed by atoms with Gasteiger partial charge in [0.2, 0.25) is 5.89 Å². The molecule has 0 radical (unpaired) electrons. The van der Waals surface area contributed by atoms with Gasteiger partial charge in [0.05, 0.1) is 5.56 Å². The van der Waals surface area contributed by atoms with Gasteiger partial charge < -0.3 is 9.52 Å². The summed E-state index contributed by atoms with van der Waals surface area (Å²) in [4.78, 5) is 4.33. The molecule has 0 fully saturated rings. The number of phenolic OH excluding ortho intramolecular Hbond substituents is 1. The Kier molecular flexibility index (Phi) is 2.49. The highest BCUT2D eigenvalue weighted by Gasteiger charge is 2.12. The van der Waals surface area contributed by atoms with Crippen molar-refractivity contribution in [1.82, 2.24) is 4.98 Å². The highest BCUT2D eigenvalue weighted by Crippen LogP contribution is 2.32. The number of phenols is 1. The number of nitrogens with zero attached hydrogens (tertiary/aromatic N) is 1. The van der Waals surface area contributed by atoms with Crippen molar-refractivity contribution in [3.8, 4) is 17.2 Å². The number of hydrogen-bond donors (Lipinski definition) is 1. The van der Waals surface area contributed by atoms with Crippen LogP contribution in [-0.4, -0.2) is 10.1 Å².